The summed E-state index contributed by atoms with van der Waals surface area (Å²) >= 11 is 0. The summed E-state index contributed by atoms with van der Waals surface area (Å²) in [5.74, 6) is 0.975. The first-order chi connectivity index (χ1) is 20.5. The Balaban J connectivity index is 1.17. The maximum atomic E-state index is 13.4. The molecule has 13 heteroatoms. The van der Waals surface area contributed by atoms with Gasteiger partial charge in [-0.1, -0.05) is 6.07 Å². The van der Waals surface area contributed by atoms with Crippen molar-refractivity contribution in [3.63, 3.8) is 0 Å². The van der Waals surface area contributed by atoms with E-state index in [4.69, 9.17) is 14.6 Å². The normalized spacial score (nSPS) is 14.2. The molecule has 0 bridgehead atoms. The molecule has 42 heavy (non-hydrogen) atoms. The first-order valence-electron chi connectivity index (χ1n) is 13.9. The van der Waals surface area contributed by atoms with Gasteiger partial charge in [0.25, 0.3) is 0 Å². The average molecular weight is 579 g/mol. The van der Waals surface area contributed by atoms with Crippen molar-refractivity contribution >= 4 is 34.0 Å². The van der Waals surface area contributed by atoms with Crippen molar-refractivity contribution in [3.05, 3.63) is 60.9 Å². The number of aromatic nitrogens is 4. The van der Waals surface area contributed by atoms with Gasteiger partial charge in [0.05, 0.1) is 37.7 Å². The van der Waals surface area contributed by atoms with Gasteiger partial charge in [0, 0.05) is 62.6 Å². The lowest BCUT2D eigenvalue weighted by molar-refractivity contribution is -0.116. The lowest BCUT2D eigenvalue weighted by Gasteiger charge is -2.34. The number of rotatable bonds is 13. The van der Waals surface area contributed by atoms with Crippen LogP contribution in [-0.2, 0) is 11.3 Å². The number of hydrogen-bond donors (Lipinski definition) is 3. The number of benzene rings is 2. The number of fused-ring (bicyclic) bond motifs is 1. The van der Waals surface area contributed by atoms with Gasteiger partial charge in [-0.2, -0.15) is 5.10 Å². The summed E-state index contributed by atoms with van der Waals surface area (Å²) in [5.41, 5.74) is 1.69. The Morgan fingerprint density at radius 1 is 1.05 bits per heavy atom. The Morgan fingerprint density at radius 2 is 1.86 bits per heavy atom. The summed E-state index contributed by atoms with van der Waals surface area (Å²) in [6, 6.07) is 9.39. The largest absolute Gasteiger partial charge is 0.493 e. The molecule has 0 radical (unpaired) electrons. The SMILES string of the molecule is COc1cc2c(Nc3cnn(CC(=O)Nc4cccc(F)c4)c3)ncnc2cc1OCCCN1CCN(CCO)CC1. The summed E-state index contributed by atoms with van der Waals surface area (Å²) in [6.45, 7) is 6.32. The molecular weight excluding hydrogens is 543 g/mol. The molecule has 2 aromatic heterocycles. The summed E-state index contributed by atoms with van der Waals surface area (Å²) in [4.78, 5) is 25.9. The molecular formula is C29H35FN8O4. The molecule has 0 spiro atoms. The van der Waals surface area contributed by atoms with E-state index in [1.54, 1.807) is 25.6 Å². The highest BCUT2D eigenvalue weighted by atomic mass is 19.1. The zero-order valence-electron chi connectivity index (χ0n) is 23.5. The van der Waals surface area contributed by atoms with E-state index in [0.717, 1.165) is 51.1 Å². The number of carbonyl (C=O) groups is 1. The Bertz CT molecular complexity index is 1490. The summed E-state index contributed by atoms with van der Waals surface area (Å²) < 4.78 is 26.6. The van der Waals surface area contributed by atoms with Crippen LogP contribution < -0.4 is 20.1 Å². The Kier molecular flexibility index (Phi) is 9.74. The van der Waals surface area contributed by atoms with Gasteiger partial charge in [0.2, 0.25) is 5.91 Å². The minimum absolute atomic E-state index is 0.0445. The molecule has 1 amide bonds. The smallest absolute Gasteiger partial charge is 0.246 e. The molecule has 4 aromatic rings. The van der Waals surface area contributed by atoms with Crippen LogP contribution in [0.3, 0.4) is 0 Å². The van der Waals surface area contributed by atoms with E-state index in [1.807, 2.05) is 12.1 Å². The van der Waals surface area contributed by atoms with Crippen LogP contribution in [0.4, 0.5) is 21.6 Å². The van der Waals surface area contributed by atoms with E-state index < -0.39 is 5.82 Å². The predicted octanol–water partition coefficient (Wildman–Crippen LogP) is 2.74. The maximum Gasteiger partial charge on any atom is 0.246 e. The molecule has 0 aliphatic carbocycles. The number of methoxy groups -OCH3 is 1. The van der Waals surface area contributed by atoms with Gasteiger partial charge in [0.15, 0.2) is 11.5 Å². The van der Waals surface area contributed by atoms with Crippen LogP contribution in [0.25, 0.3) is 10.9 Å². The number of carbonyl (C=O) groups excluding carboxylic acids is 1. The predicted molar refractivity (Wildman–Crippen MR) is 157 cm³/mol. The molecule has 3 heterocycles. The zero-order chi connectivity index (χ0) is 29.3. The third kappa shape index (κ3) is 7.69. The molecule has 12 nitrogen and oxygen atoms in total. The van der Waals surface area contributed by atoms with Crippen molar-refractivity contribution in [2.24, 2.45) is 0 Å². The van der Waals surface area contributed by atoms with E-state index in [1.165, 1.54) is 29.2 Å². The van der Waals surface area contributed by atoms with E-state index in [0.29, 0.717) is 40.8 Å². The van der Waals surface area contributed by atoms with Crippen molar-refractivity contribution in [1.29, 1.82) is 0 Å². The minimum atomic E-state index is -0.425. The minimum Gasteiger partial charge on any atom is -0.493 e. The number of hydrogen-bond acceptors (Lipinski definition) is 10. The third-order valence-corrected chi connectivity index (χ3v) is 6.99. The lowest BCUT2D eigenvalue weighted by Crippen LogP contribution is -2.47. The van der Waals surface area contributed by atoms with Gasteiger partial charge in [-0.05, 0) is 30.7 Å². The fourth-order valence-corrected chi connectivity index (χ4v) is 4.85. The van der Waals surface area contributed by atoms with Gasteiger partial charge in [-0.25, -0.2) is 14.4 Å². The van der Waals surface area contributed by atoms with Crippen LogP contribution in [-0.4, -0.2) is 100 Å². The van der Waals surface area contributed by atoms with Gasteiger partial charge < -0.3 is 30.1 Å². The van der Waals surface area contributed by atoms with Crippen LogP contribution in [0.5, 0.6) is 11.5 Å². The molecule has 3 N–H and O–H groups in total. The highest BCUT2D eigenvalue weighted by Crippen LogP contribution is 2.34. The van der Waals surface area contributed by atoms with Crippen LogP contribution in [0.1, 0.15) is 6.42 Å². The van der Waals surface area contributed by atoms with Gasteiger partial charge in [-0.15, -0.1) is 0 Å². The molecule has 0 unspecified atom stereocenters. The number of piperazine rings is 1. The first kappa shape index (κ1) is 29.2. The zero-order valence-corrected chi connectivity index (χ0v) is 23.5. The van der Waals surface area contributed by atoms with Crippen LogP contribution in [0, 0.1) is 5.82 Å². The van der Waals surface area contributed by atoms with Gasteiger partial charge in [0.1, 0.15) is 24.5 Å². The van der Waals surface area contributed by atoms with Crippen molar-refractivity contribution < 1.29 is 23.8 Å². The second-order valence-electron chi connectivity index (χ2n) is 9.96. The van der Waals surface area contributed by atoms with E-state index in [-0.39, 0.29) is 19.1 Å². The Labute approximate surface area is 243 Å². The molecule has 1 saturated heterocycles. The lowest BCUT2D eigenvalue weighted by atomic mass is 10.2. The number of amides is 1. The summed E-state index contributed by atoms with van der Waals surface area (Å²) in [5, 5.41) is 20.0. The maximum absolute atomic E-state index is 13.4. The number of anilines is 3. The fraction of sp³-hybridized carbons (Fsp3) is 0.379. The topological polar surface area (TPSA) is 130 Å². The first-order valence-corrected chi connectivity index (χ1v) is 13.9. The molecule has 2 aromatic carbocycles. The average Bonchev–Trinajstić information content (AvgIpc) is 3.42. The monoisotopic (exact) mass is 578 g/mol. The van der Waals surface area contributed by atoms with Crippen molar-refractivity contribution in [3.8, 4) is 11.5 Å². The van der Waals surface area contributed by atoms with Crippen molar-refractivity contribution in [2.75, 3.05) is 70.2 Å². The number of aliphatic hydroxyl groups excluding tert-OH is 1. The second kappa shape index (κ2) is 14.0. The molecule has 1 aliphatic rings. The number of nitrogens with one attached hydrogen (secondary N) is 2. The molecule has 0 saturated carbocycles. The Hall–Kier alpha value is -4.33. The third-order valence-electron chi connectivity index (χ3n) is 6.99. The van der Waals surface area contributed by atoms with E-state index >= 15 is 0 Å². The number of ether oxygens (including phenoxy) is 2. The van der Waals surface area contributed by atoms with Crippen LogP contribution in [0.15, 0.2) is 55.1 Å². The summed E-state index contributed by atoms with van der Waals surface area (Å²) in [6.07, 6.45) is 5.61. The molecule has 5 rings (SSSR count). The fourth-order valence-electron chi connectivity index (χ4n) is 4.85. The van der Waals surface area contributed by atoms with Gasteiger partial charge in [-0.3, -0.25) is 14.4 Å². The number of halogens is 1. The highest BCUT2D eigenvalue weighted by Gasteiger charge is 2.17. The molecule has 0 atom stereocenters. The van der Waals surface area contributed by atoms with Crippen LogP contribution in [0.2, 0.25) is 0 Å². The quantitative estimate of drug-likeness (QED) is 0.204. The van der Waals surface area contributed by atoms with Gasteiger partial charge >= 0.3 is 0 Å². The number of β-amino-alcohol motifs (C(OH)–C–C–N with tert-alkyl or cyclic N) is 1. The van der Waals surface area contributed by atoms with Crippen molar-refractivity contribution in [2.45, 2.75) is 13.0 Å². The number of aliphatic hydroxyl groups is 1. The van der Waals surface area contributed by atoms with E-state index in [9.17, 15) is 9.18 Å². The van der Waals surface area contributed by atoms with E-state index in [2.05, 4.69) is 35.5 Å². The summed E-state index contributed by atoms with van der Waals surface area (Å²) in [7, 11) is 1.59. The number of nitrogens with zero attached hydrogens (tertiary/aromatic N) is 6. The van der Waals surface area contributed by atoms with Crippen molar-refractivity contribution in [1.82, 2.24) is 29.5 Å². The highest BCUT2D eigenvalue weighted by molar-refractivity contribution is 5.93. The molecule has 222 valence electrons. The standard InChI is InChI=1S/C29H35FN8O4/c1-41-26-15-24-25(16-27(26)42-13-3-6-36-7-9-37(10-8-36)11-12-39)31-20-32-29(24)35-23-17-33-38(18-23)19-28(40)34-22-5-2-4-21(30)14-22/h2,4-5,14-18,20,39H,3,6-13,19H2,1H3,(H,34,40)(H,31,32,35). The molecule has 1 aliphatic heterocycles. The second-order valence-corrected chi connectivity index (χ2v) is 9.96. The Morgan fingerprint density at radius 3 is 2.62 bits per heavy atom. The van der Waals surface area contributed by atoms with Crippen LogP contribution >= 0.6 is 0 Å². The molecule has 1 fully saturated rings.